The Morgan fingerprint density at radius 3 is 2.45 bits per heavy atom. The Balaban J connectivity index is 1.62. The van der Waals surface area contributed by atoms with Crippen LogP contribution in [-0.4, -0.2) is 44.2 Å². The second-order valence-electron chi connectivity index (χ2n) is 7.19. The van der Waals surface area contributed by atoms with Gasteiger partial charge in [-0.15, -0.1) is 0 Å². The highest BCUT2D eigenvalue weighted by Crippen LogP contribution is 2.22. The van der Waals surface area contributed by atoms with Crippen LogP contribution in [0.1, 0.15) is 35.2 Å². The molecule has 0 aliphatic carbocycles. The number of alkyl halides is 2. The molecule has 0 spiro atoms. The van der Waals surface area contributed by atoms with E-state index < -0.39 is 28.4 Å². The molecule has 0 radical (unpaired) electrons. The van der Waals surface area contributed by atoms with Crippen LogP contribution >= 0.6 is 0 Å². The van der Waals surface area contributed by atoms with Crippen molar-refractivity contribution in [2.75, 3.05) is 13.1 Å². The summed E-state index contributed by atoms with van der Waals surface area (Å²) < 4.78 is 56.3. The van der Waals surface area contributed by atoms with Gasteiger partial charge in [0.15, 0.2) is 0 Å². The zero-order valence-electron chi connectivity index (χ0n) is 17.5. The molecule has 0 aromatic heterocycles. The van der Waals surface area contributed by atoms with Gasteiger partial charge < -0.3 is 4.74 Å². The Hall–Kier alpha value is -3.31. The van der Waals surface area contributed by atoms with Gasteiger partial charge >= 0.3 is 6.61 Å². The maximum absolute atomic E-state index is 12.8. The van der Waals surface area contributed by atoms with E-state index in [1.165, 1.54) is 52.8 Å². The molecule has 2 N–H and O–H groups in total. The average Bonchev–Trinajstić information content (AvgIpc) is 2.82. The number of nitrogens with zero attached hydrogens (tertiary/aromatic N) is 1. The summed E-state index contributed by atoms with van der Waals surface area (Å²) in [6, 6.07) is 11.4. The van der Waals surface area contributed by atoms with E-state index in [-0.39, 0.29) is 21.8 Å². The lowest BCUT2D eigenvalue weighted by molar-refractivity contribution is -0.117. The fourth-order valence-electron chi connectivity index (χ4n) is 3.27. The maximum atomic E-state index is 12.8. The first-order chi connectivity index (χ1) is 15.8. The summed E-state index contributed by atoms with van der Waals surface area (Å²) in [6.07, 6.45) is 4.85. The van der Waals surface area contributed by atoms with Crippen LogP contribution < -0.4 is 15.6 Å². The monoisotopic (exact) mass is 479 g/mol. The van der Waals surface area contributed by atoms with Crippen LogP contribution in [-0.2, 0) is 14.8 Å². The van der Waals surface area contributed by atoms with E-state index in [2.05, 4.69) is 15.6 Å². The van der Waals surface area contributed by atoms with E-state index in [9.17, 15) is 26.8 Å². The fraction of sp³-hybridized carbons (Fsp3) is 0.273. The molecule has 0 saturated carbocycles. The molecule has 1 heterocycles. The molecule has 2 aromatic rings. The normalized spacial score (nSPS) is 14.9. The number of nitrogens with one attached hydrogen (secondary N) is 2. The molecule has 176 valence electrons. The van der Waals surface area contributed by atoms with E-state index in [1.807, 2.05) is 0 Å². The van der Waals surface area contributed by atoms with Crippen molar-refractivity contribution in [3.8, 4) is 5.75 Å². The van der Waals surface area contributed by atoms with Gasteiger partial charge in [-0.25, -0.2) is 8.42 Å². The van der Waals surface area contributed by atoms with Crippen molar-refractivity contribution in [1.29, 1.82) is 0 Å². The Morgan fingerprint density at radius 2 is 1.73 bits per heavy atom. The molecule has 1 fully saturated rings. The molecule has 2 aromatic carbocycles. The Bertz CT molecular complexity index is 1130. The number of hydrogen-bond acceptors (Lipinski definition) is 5. The first kappa shape index (κ1) is 24.3. The molecule has 2 amide bonds. The lowest BCUT2D eigenvalue weighted by atomic mass is 10.2. The number of hydrazine groups is 1. The molecule has 0 bridgehead atoms. The fourth-order valence-corrected chi connectivity index (χ4v) is 4.83. The van der Waals surface area contributed by atoms with Gasteiger partial charge in [0.05, 0.1) is 4.90 Å². The number of halogens is 2. The molecule has 1 saturated heterocycles. The molecule has 3 rings (SSSR count). The number of hydrogen-bond donors (Lipinski definition) is 2. The topological polar surface area (TPSA) is 105 Å². The van der Waals surface area contributed by atoms with Crippen LogP contribution in [0.3, 0.4) is 0 Å². The van der Waals surface area contributed by atoms with Gasteiger partial charge in [0.1, 0.15) is 5.75 Å². The van der Waals surface area contributed by atoms with Gasteiger partial charge in [0.25, 0.3) is 11.8 Å². The summed E-state index contributed by atoms with van der Waals surface area (Å²) >= 11 is 0. The molecule has 0 unspecified atom stereocenters. The van der Waals surface area contributed by atoms with Crippen LogP contribution in [0, 0.1) is 0 Å². The third kappa shape index (κ3) is 6.59. The van der Waals surface area contributed by atoms with E-state index in [0.717, 1.165) is 25.3 Å². The average molecular weight is 480 g/mol. The number of carbonyl (C=O) groups excluding carboxylic acids is 2. The van der Waals surface area contributed by atoms with E-state index >= 15 is 0 Å². The van der Waals surface area contributed by atoms with Gasteiger partial charge in [-0.3, -0.25) is 20.4 Å². The highest BCUT2D eigenvalue weighted by atomic mass is 32.2. The highest BCUT2D eigenvalue weighted by molar-refractivity contribution is 7.89. The standard InChI is InChI=1S/C22H23F2N3O5S/c23-22(24)32-19-10-3-2-7-16(19)11-12-20(28)25-26-21(29)17-8-6-9-18(15-17)33(30,31)27-13-4-1-5-14-27/h2-3,6-12,15,22H,1,4-5,13-14H2,(H,25,28)(H,26,29)/b12-11+. The predicted molar refractivity (Wildman–Crippen MR) is 117 cm³/mol. The summed E-state index contributed by atoms with van der Waals surface area (Å²) in [7, 11) is -3.71. The number of piperidine rings is 1. The van der Waals surface area contributed by atoms with Gasteiger partial charge in [-0.2, -0.15) is 13.1 Å². The molecule has 8 nitrogen and oxygen atoms in total. The Morgan fingerprint density at radius 1 is 1.00 bits per heavy atom. The van der Waals surface area contributed by atoms with Crippen LogP contribution in [0.15, 0.2) is 59.5 Å². The maximum Gasteiger partial charge on any atom is 0.387 e. The first-order valence-corrected chi connectivity index (χ1v) is 11.6. The zero-order chi connectivity index (χ0) is 23.8. The van der Waals surface area contributed by atoms with Gasteiger partial charge in [0, 0.05) is 30.3 Å². The van der Waals surface area contributed by atoms with Crippen LogP contribution in [0.4, 0.5) is 8.78 Å². The van der Waals surface area contributed by atoms with Crippen LogP contribution in [0.2, 0.25) is 0 Å². The summed E-state index contributed by atoms with van der Waals surface area (Å²) in [4.78, 5) is 24.4. The third-order valence-corrected chi connectivity index (χ3v) is 6.79. The van der Waals surface area contributed by atoms with Crippen molar-refractivity contribution in [3.63, 3.8) is 0 Å². The number of sulfonamides is 1. The zero-order valence-corrected chi connectivity index (χ0v) is 18.4. The largest absolute Gasteiger partial charge is 0.434 e. The summed E-state index contributed by atoms with van der Waals surface area (Å²) in [5.41, 5.74) is 4.64. The number of rotatable bonds is 7. The van der Waals surface area contributed by atoms with Gasteiger partial charge in [0.2, 0.25) is 10.0 Å². The predicted octanol–water partition coefficient (Wildman–Crippen LogP) is 2.94. The molecule has 1 aliphatic heterocycles. The highest BCUT2D eigenvalue weighted by Gasteiger charge is 2.26. The van der Waals surface area contributed by atoms with Crippen LogP contribution in [0.5, 0.6) is 5.75 Å². The molecule has 1 aliphatic rings. The van der Waals surface area contributed by atoms with Crippen molar-refractivity contribution in [1.82, 2.24) is 15.2 Å². The lowest BCUT2D eigenvalue weighted by Crippen LogP contribution is -2.41. The smallest absolute Gasteiger partial charge is 0.387 e. The molecule has 0 atom stereocenters. The summed E-state index contributed by atoms with van der Waals surface area (Å²) in [5.74, 6) is -1.55. The van der Waals surface area contributed by atoms with Crippen molar-refractivity contribution < 1.29 is 31.5 Å². The van der Waals surface area contributed by atoms with Gasteiger partial charge in [-0.1, -0.05) is 30.7 Å². The summed E-state index contributed by atoms with van der Waals surface area (Å²) in [5, 5.41) is 0. The SMILES string of the molecule is O=C(/C=C/c1ccccc1OC(F)F)NNC(=O)c1cccc(S(=O)(=O)N2CCCCC2)c1. The minimum Gasteiger partial charge on any atom is -0.434 e. The van der Waals surface area contributed by atoms with Crippen molar-refractivity contribution in [2.45, 2.75) is 30.8 Å². The number of ether oxygens (including phenoxy) is 1. The number of para-hydroxylation sites is 1. The Kier molecular flexibility index (Phi) is 8.12. The molecular weight excluding hydrogens is 456 g/mol. The lowest BCUT2D eigenvalue weighted by Gasteiger charge is -2.26. The van der Waals surface area contributed by atoms with Crippen molar-refractivity contribution in [3.05, 3.63) is 65.7 Å². The quantitative estimate of drug-likeness (QED) is 0.469. The number of amides is 2. The molecule has 11 heteroatoms. The minimum atomic E-state index is -3.71. The van der Waals surface area contributed by atoms with Crippen LogP contribution in [0.25, 0.3) is 6.08 Å². The molecular formula is C22H23F2N3O5S. The summed E-state index contributed by atoms with van der Waals surface area (Å²) in [6.45, 7) is -2.14. The van der Waals surface area contributed by atoms with E-state index in [1.54, 1.807) is 6.07 Å². The number of benzene rings is 2. The van der Waals surface area contributed by atoms with E-state index in [4.69, 9.17) is 0 Å². The molecule has 33 heavy (non-hydrogen) atoms. The van der Waals surface area contributed by atoms with Crippen molar-refractivity contribution in [2.24, 2.45) is 0 Å². The van der Waals surface area contributed by atoms with E-state index in [0.29, 0.717) is 13.1 Å². The second-order valence-corrected chi connectivity index (χ2v) is 9.12. The third-order valence-electron chi connectivity index (χ3n) is 4.90. The number of carbonyl (C=O) groups is 2. The first-order valence-electron chi connectivity index (χ1n) is 10.2. The second kappa shape index (κ2) is 11.0. The Labute approximate surface area is 190 Å². The van der Waals surface area contributed by atoms with Gasteiger partial charge in [-0.05, 0) is 43.2 Å². The van der Waals surface area contributed by atoms with Crippen molar-refractivity contribution >= 4 is 27.9 Å². The minimum absolute atomic E-state index is 0.00101.